The van der Waals surface area contributed by atoms with Crippen molar-refractivity contribution in [1.82, 2.24) is 4.90 Å². The average molecular weight is 505 g/mol. The lowest BCUT2D eigenvalue weighted by Crippen LogP contribution is -2.37. The number of aryl methyl sites for hydroxylation is 1. The molecule has 0 spiro atoms. The first-order valence-corrected chi connectivity index (χ1v) is 13.5. The Hall–Kier alpha value is -3.78. The fraction of sp³-hybridized carbons (Fsp3) is 0.250. The van der Waals surface area contributed by atoms with Gasteiger partial charge in [0.25, 0.3) is 21.8 Å². The second-order valence-corrected chi connectivity index (χ2v) is 10.4. The van der Waals surface area contributed by atoms with E-state index in [4.69, 9.17) is 0 Å². The Labute approximate surface area is 211 Å². The largest absolute Gasteiger partial charge is 0.274 e. The molecule has 36 heavy (non-hydrogen) atoms. The molecule has 186 valence electrons. The maximum atomic E-state index is 13.4. The van der Waals surface area contributed by atoms with Gasteiger partial charge in [-0.25, -0.2) is 12.7 Å². The summed E-state index contributed by atoms with van der Waals surface area (Å²) in [6.07, 6.45) is 2.33. The van der Waals surface area contributed by atoms with Gasteiger partial charge in [-0.15, -0.1) is 0 Å². The van der Waals surface area contributed by atoms with Crippen LogP contribution in [0.5, 0.6) is 0 Å². The Bertz CT molecular complexity index is 1330. The molecular formula is C28H28N2O5S. The van der Waals surface area contributed by atoms with Gasteiger partial charge in [0, 0.05) is 13.0 Å². The molecule has 1 aliphatic rings. The molecule has 4 rings (SSSR count). The Morgan fingerprint density at radius 3 is 1.94 bits per heavy atom. The number of sulfonamides is 1. The third-order valence-electron chi connectivity index (χ3n) is 6.24. The van der Waals surface area contributed by atoms with Gasteiger partial charge in [0.2, 0.25) is 5.91 Å². The summed E-state index contributed by atoms with van der Waals surface area (Å²) < 4.78 is 27.7. The molecule has 0 N–H and O–H groups in total. The highest BCUT2D eigenvalue weighted by atomic mass is 32.2. The van der Waals surface area contributed by atoms with E-state index < -0.39 is 15.9 Å². The van der Waals surface area contributed by atoms with Crippen molar-refractivity contribution in [2.75, 3.05) is 10.8 Å². The molecule has 0 radical (unpaired) electrons. The van der Waals surface area contributed by atoms with E-state index in [2.05, 4.69) is 0 Å². The number of carbonyl (C=O) groups excluding carboxylic acids is 3. The molecule has 7 nitrogen and oxygen atoms in total. The van der Waals surface area contributed by atoms with Crippen LogP contribution in [0.4, 0.5) is 5.69 Å². The molecule has 0 fully saturated rings. The second kappa shape index (κ2) is 10.9. The van der Waals surface area contributed by atoms with Gasteiger partial charge < -0.3 is 0 Å². The Balaban J connectivity index is 1.41. The van der Waals surface area contributed by atoms with E-state index in [1.54, 1.807) is 54.6 Å². The zero-order chi connectivity index (χ0) is 25.7. The summed E-state index contributed by atoms with van der Waals surface area (Å²) in [4.78, 5) is 39.5. The summed E-state index contributed by atoms with van der Waals surface area (Å²) in [5, 5.41) is 0. The van der Waals surface area contributed by atoms with Crippen LogP contribution in [-0.4, -0.2) is 37.6 Å². The summed E-state index contributed by atoms with van der Waals surface area (Å²) in [7, 11) is -4.09. The van der Waals surface area contributed by atoms with Gasteiger partial charge in [0.1, 0.15) is 0 Å². The molecule has 1 aliphatic heterocycles. The smallest absolute Gasteiger partial charge is 0.270 e. The lowest BCUT2D eigenvalue weighted by molar-refractivity contribution is -0.117. The zero-order valence-electron chi connectivity index (χ0n) is 20.1. The topological polar surface area (TPSA) is 91.8 Å². The molecule has 0 bridgehead atoms. The molecule has 1 heterocycles. The Morgan fingerprint density at radius 1 is 0.778 bits per heavy atom. The first kappa shape index (κ1) is 25.3. The number of hydrogen-bond acceptors (Lipinski definition) is 5. The monoisotopic (exact) mass is 504 g/mol. The van der Waals surface area contributed by atoms with Crippen molar-refractivity contribution in [3.63, 3.8) is 0 Å². The third kappa shape index (κ3) is 5.09. The van der Waals surface area contributed by atoms with Gasteiger partial charge in [-0.05, 0) is 61.2 Å². The van der Waals surface area contributed by atoms with E-state index in [1.165, 1.54) is 17.0 Å². The van der Waals surface area contributed by atoms with Gasteiger partial charge in [0.05, 0.1) is 21.7 Å². The highest BCUT2D eigenvalue weighted by Crippen LogP contribution is 2.26. The number of nitrogens with zero attached hydrogens (tertiary/aromatic N) is 2. The van der Waals surface area contributed by atoms with Crippen molar-refractivity contribution in [3.8, 4) is 0 Å². The minimum atomic E-state index is -4.09. The van der Waals surface area contributed by atoms with Gasteiger partial charge in [-0.3, -0.25) is 19.3 Å². The van der Waals surface area contributed by atoms with Crippen molar-refractivity contribution in [2.24, 2.45) is 0 Å². The van der Waals surface area contributed by atoms with Gasteiger partial charge in [-0.2, -0.15) is 0 Å². The molecule has 8 heteroatoms. The highest BCUT2D eigenvalue weighted by Gasteiger charge is 2.34. The highest BCUT2D eigenvalue weighted by molar-refractivity contribution is 7.93. The normalized spacial score (nSPS) is 13.1. The van der Waals surface area contributed by atoms with E-state index in [0.717, 1.165) is 16.3 Å². The number of fused-ring (bicyclic) bond motifs is 1. The molecule has 3 aromatic carbocycles. The minimum absolute atomic E-state index is 0.0176. The number of rotatable bonds is 10. The lowest BCUT2D eigenvalue weighted by atomic mass is 10.1. The molecule has 0 aliphatic carbocycles. The molecule has 3 amide bonds. The second-order valence-electron chi connectivity index (χ2n) is 8.61. The van der Waals surface area contributed by atoms with Crippen LogP contribution < -0.4 is 4.31 Å². The fourth-order valence-corrected chi connectivity index (χ4v) is 5.72. The number of carbonyl (C=O) groups is 3. The van der Waals surface area contributed by atoms with Crippen LogP contribution in [0, 0.1) is 0 Å². The lowest BCUT2D eigenvalue weighted by Gasteiger charge is -2.23. The summed E-state index contributed by atoms with van der Waals surface area (Å²) in [5.74, 6) is -1.13. The van der Waals surface area contributed by atoms with Crippen LogP contribution in [0.25, 0.3) is 0 Å². The van der Waals surface area contributed by atoms with Crippen LogP contribution in [-0.2, 0) is 21.2 Å². The first-order chi connectivity index (χ1) is 17.3. The van der Waals surface area contributed by atoms with E-state index in [0.29, 0.717) is 36.1 Å². The van der Waals surface area contributed by atoms with Crippen molar-refractivity contribution in [2.45, 2.75) is 43.9 Å². The maximum Gasteiger partial charge on any atom is 0.270 e. The molecular weight excluding hydrogens is 476 g/mol. The van der Waals surface area contributed by atoms with Gasteiger partial charge in [0.15, 0.2) is 0 Å². The third-order valence-corrected chi connectivity index (χ3v) is 8.00. The van der Waals surface area contributed by atoms with Crippen LogP contribution in [0.1, 0.15) is 58.9 Å². The molecule has 0 saturated heterocycles. The van der Waals surface area contributed by atoms with E-state index in [1.807, 2.05) is 19.1 Å². The number of imide groups is 1. The quantitative estimate of drug-likeness (QED) is 0.291. The standard InChI is InChI=1S/C28H28N2O5S/c1-2-21-16-18-22(19-17-21)30(36(34,35)23-11-5-3-6-12-23)26(31)15-7-4-10-20-29-27(32)24-13-8-9-14-25(24)28(29)33/h3,5-6,8-9,11-14,16-19H,2,4,7,10,15,20H2,1H3. The maximum absolute atomic E-state index is 13.4. The predicted molar refractivity (Wildman–Crippen MR) is 137 cm³/mol. The summed E-state index contributed by atoms with van der Waals surface area (Å²) in [6, 6.07) is 21.6. The molecule has 0 unspecified atom stereocenters. The Morgan fingerprint density at radius 2 is 1.36 bits per heavy atom. The van der Waals surface area contributed by atoms with Gasteiger partial charge in [-0.1, -0.05) is 55.8 Å². The Kier molecular flexibility index (Phi) is 7.64. The first-order valence-electron chi connectivity index (χ1n) is 12.0. The number of unbranched alkanes of at least 4 members (excludes halogenated alkanes) is 2. The summed E-state index contributed by atoms with van der Waals surface area (Å²) >= 11 is 0. The number of hydrogen-bond donors (Lipinski definition) is 0. The molecule has 0 atom stereocenters. The van der Waals surface area contributed by atoms with E-state index in [9.17, 15) is 22.8 Å². The fourth-order valence-electron chi connectivity index (χ4n) is 4.25. The van der Waals surface area contributed by atoms with Crippen LogP contribution >= 0.6 is 0 Å². The van der Waals surface area contributed by atoms with Gasteiger partial charge >= 0.3 is 0 Å². The van der Waals surface area contributed by atoms with Crippen molar-refractivity contribution in [1.29, 1.82) is 0 Å². The SMILES string of the molecule is CCc1ccc(N(C(=O)CCCCCN2C(=O)c3ccccc3C2=O)S(=O)(=O)c2ccccc2)cc1. The number of benzene rings is 3. The molecule has 0 aromatic heterocycles. The van der Waals surface area contributed by atoms with E-state index in [-0.39, 0.29) is 29.7 Å². The van der Waals surface area contributed by atoms with Crippen molar-refractivity contribution in [3.05, 3.63) is 95.6 Å². The van der Waals surface area contributed by atoms with Crippen LogP contribution in [0.2, 0.25) is 0 Å². The number of amides is 3. The van der Waals surface area contributed by atoms with Crippen molar-refractivity contribution >= 4 is 33.4 Å². The number of anilines is 1. The summed E-state index contributed by atoms with van der Waals surface area (Å²) in [6.45, 7) is 2.26. The van der Waals surface area contributed by atoms with Crippen molar-refractivity contribution < 1.29 is 22.8 Å². The molecule has 3 aromatic rings. The summed E-state index contributed by atoms with van der Waals surface area (Å²) in [5.41, 5.74) is 2.16. The van der Waals surface area contributed by atoms with Crippen LogP contribution in [0.15, 0.2) is 83.8 Å². The predicted octanol–water partition coefficient (Wildman–Crippen LogP) is 4.83. The zero-order valence-corrected chi connectivity index (χ0v) is 20.9. The minimum Gasteiger partial charge on any atom is -0.274 e. The van der Waals surface area contributed by atoms with Crippen LogP contribution in [0.3, 0.4) is 0 Å². The van der Waals surface area contributed by atoms with E-state index >= 15 is 0 Å². The average Bonchev–Trinajstić information content (AvgIpc) is 3.14. The molecule has 0 saturated carbocycles.